The lowest BCUT2D eigenvalue weighted by Crippen LogP contribution is -2.25. The molecule has 2 aliphatic carbocycles. The van der Waals surface area contributed by atoms with E-state index >= 15 is 0 Å². The van der Waals surface area contributed by atoms with Crippen LogP contribution in [0.3, 0.4) is 0 Å². The predicted octanol–water partition coefficient (Wildman–Crippen LogP) is 16.6. The minimum Gasteiger partial charge on any atom is -0.236 e. The maximum Gasteiger partial charge on any atom is 0.164 e. The number of aromatic nitrogens is 5. The molecule has 0 fully saturated rings. The molecule has 10 aromatic carbocycles. The molecular weight excluding hydrogens is 903 g/mol. The van der Waals surface area contributed by atoms with Gasteiger partial charge < -0.3 is 0 Å². The van der Waals surface area contributed by atoms with Crippen LogP contribution in [0.4, 0.5) is 0 Å². The van der Waals surface area contributed by atoms with Crippen molar-refractivity contribution in [3.05, 3.63) is 247 Å². The third kappa shape index (κ3) is 6.27. The van der Waals surface area contributed by atoms with Crippen molar-refractivity contribution in [2.24, 2.45) is 0 Å². The molecule has 0 aliphatic heterocycles. The van der Waals surface area contributed by atoms with E-state index in [0.29, 0.717) is 17.5 Å². The number of hydrogen-bond acceptors (Lipinski definition) is 7. The maximum atomic E-state index is 5.49. The van der Waals surface area contributed by atoms with Crippen molar-refractivity contribution < 1.29 is 0 Å². The van der Waals surface area contributed by atoms with Crippen LogP contribution in [0.15, 0.2) is 224 Å². The van der Waals surface area contributed by atoms with Crippen LogP contribution < -0.4 is 0 Å². The summed E-state index contributed by atoms with van der Waals surface area (Å²) in [5.74, 6) is 1.76. The van der Waals surface area contributed by atoms with Gasteiger partial charge in [0.05, 0.1) is 25.8 Å². The van der Waals surface area contributed by atoms with Gasteiger partial charge in [-0.2, -0.15) is 0 Å². The maximum absolute atomic E-state index is 5.49. The second kappa shape index (κ2) is 15.6. The Balaban J connectivity index is 0.963. The minimum absolute atomic E-state index is 0.514. The van der Waals surface area contributed by atoms with E-state index in [1.54, 1.807) is 22.7 Å². The zero-order chi connectivity index (χ0) is 46.6. The number of nitrogens with zero attached hydrogens (tertiary/aromatic N) is 5. The molecule has 0 atom stereocenters. The fraction of sp³-hybridized carbons (Fsp3) is 0.0156. The third-order valence-electron chi connectivity index (χ3n) is 14.4. The monoisotopic (exact) mass is 939 g/mol. The van der Waals surface area contributed by atoms with Crippen LogP contribution in [0.1, 0.15) is 22.3 Å². The SMILES string of the molecule is c1cc(-c2ccc3ccccc3c2)cc(-c2nc(-c3cc(-c4nc5ccccc5s4)cc(-c4nc5ccccc5s4)c3)nc(-c3ccc4c(c3)C3(c5ccccc5-c5ccccc53)c3ccccc3-4)n2)c1. The van der Waals surface area contributed by atoms with E-state index in [1.807, 2.05) is 12.1 Å². The molecule has 3 aromatic heterocycles. The van der Waals surface area contributed by atoms with Gasteiger partial charge in [0.25, 0.3) is 0 Å². The number of fused-ring (bicyclic) bond motifs is 13. The van der Waals surface area contributed by atoms with E-state index in [0.717, 1.165) is 69.4 Å². The van der Waals surface area contributed by atoms with Gasteiger partial charge in [-0.05, 0) is 127 Å². The van der Waals surface area contributed by atoms with Gasteiger partial charge in [-0.15, -0.1) is 22.7 Å². The van der Waals surface area contributed by atoms with Crippen molar-refractivity contribution in [3.8, 4) is 88.7 Å². The van der Waals surface area contributed by atoms with Gasteiger partial charge in [-0.25, -0.2) is 24.9 Å². The van der Waals surface area contributed by atoms with Crippen molar-refractivity contribution in [1.29, 1.82) is 0 Å². The summed E-state index contributed by atoms with van der Waals surface area (Å²) in [6, 6.07) is 80.6. The number of para-hydroxylation sites is 2. The first-order valence-corrected chi connectivity index (χ1v) is 25.4. The lowest BCUT2D eigenvalue weighted by atomic mass is 9.70. The molecule has 0 saturated heterocycles. The average molecular weight is 940 g/mol. The first-order valence-electron chi connectivity index (χ1n) is 23.8. The zero-order valence-electron chi connectivity index (χ0n) is 37.9. The van der Waals surface area contributed by atoms with Gasteiger partial charge in [0.2, 0.25) is 0 Å². The highest BCUT2D eigenvalue weighted by Crippen LogP contribution is 2.63. The average Bonchev–Trinajstić information content (AvgIpc) is 4.23. The summed E-state index contributed by atoms with van der Waals surface area (Å²) in [6.07, 6.45) is 0. The lowest BCUT2D eigenvalue weighted by Gasteiger charge is -2.30. The summed E-state index contributed by atoms with van der Waals surface area (Å²) < 4.78 is 2.27. The third-order valence-corrected chi connectivity index (χ3v) is 16.5. The summed E-state index contributed by atoms with van der Waals surface area (Å²) in [6.45, 7) is 0. The van der Waals surface area contributed by atoms with Crippen LogP contribution in [-0.2, 0) is 5.41 Å². The molecule has 3 heterocycles. The van der Waals surface area contributed by atoms with Gasteiger partial charge in [-0.3, -0.25) is 0 Å². The van der Waals surface area contributed by atoms with Crippen LogP contribution in [0, 0.1) is 0 Å². The van der Waals surface area contributed by atoms with Crippen molar-refractivity contribution in [2.45, 2.75) is 5.41 Å². The molecular formula is C64H37N5S2. The topological polar surface area (TPSA) is 64.5 Å². The van der Waals surface area contributed by atoms with E-state index in [9.17, 15) is 0 Å². The number of benzene rings is 10. The highest BCUT2D eigenvalue weighted by atomic mass is 32.1. The van der Waals surface area contributed by atoms with Crippen LogP contribution in [0.2, 0.25) is 0 Å². The van der Waals surface area contributed by atoms with Crippen molar-refractivity contribution >= 4 is 53.9 Å². The van der Waals surface area contributed by atoms with Gasteiger partial charge in [-0.1, -0.05) is 164 Å². The molecule has 0 saturated carbocycles. The molecule has 71 heavy (non-hydrogen) atoms. The number of hydrogen-bond donors (Lipinski definition) is 0. The highest BCUT2D eigenvalue weighted by Gasteiger charge is 2.51. The number of thiazole rings is 2. The standard InChI is InChI=1S/C64H37N5S2/c1-2-15-39-32-41(29-28-38(39)14-1)40-16-13-17-42(33-40)59-67-60(43-30-31-50-49-20-5-8-23-53(49)64(54(50)37-43)51-21-6-3-18-47(51)48-19-4-7-22-52(48)64)69-61(68-59)44-34-45(62-65-55-24-9-11-26-57(55)70-62)36-46(35-44)63-66-56-25-10-12-27-58(56)71-63/h1-37H. The summed E-state index contributed by atoms with van der Waals surface area (Å²) in [7, 11) is 0. The van der Waals surface area contributed by atoms with Gasteiger partial charge in [0.1, 0.15) is 10.0 Å². The van der Waals surface area contributed by atoms with Gasteiger partial charge in [0, 0.05) is 27.8 Å². The lowest BCUT2D eigenvalue weighted by molar-refractivity contribution is 0.794. The Labute approximate surface area is 417 Å². The van der Waals surface area contributed by atoms with Crippen LogP contribution in [0.5, 0.6) is 0 Å². The Hall–Kier alpha value is -8.75. The smallest absolute Gasteiger partial charge is 0.164 e. The Kier molecular flexibility index (Phi) is 8.85. The Bertz CT molecular complexity index is 4110. The molecule has 1 spiro atoms. The Morgan fingerprint density at radius 3 is 1.31 bits per heavy atom. The molecule has 0 N–H and O–H groups in total. The summed E-state index contributed by atoms with van der Waals surface area (Å²) in [4.78, 5) is 26.6. The minimum atomic E-state index is -0.514. The molecule has 0 radical (unpaired) electrons. The fourth-order valence-electron chi connectivity index (χ4n) is 11.2. The molecule has 2 aliphatic rings. The Morgan fingerprint density at radius 2 is 0.704 bits per heavy atom. The van der Waals surface area contributed by atoms with Crippen molar-refractivity contribution in [3.63, 3.8) is 0 Å². The zero-order valence-corrected chi connectivity index (χ0v) is 39.5. The summed E-state index contributed by atoms with van der Waals surface area (Å²) in [5, 5.41) is 4.25. The van der Waals surface area contributed by atoms with E-state index in [-0.39, 0.29) is 0 Å². The molecule has 7 heteroatoms. The van der Waals surface area contributed by atoms with Crippen LogP contribution >= 0.6 is 22.7 Å². The Morgan fingerprint density at radius 1 is 0.268 bits per heavy atom. The van der Waals surface area contributed by atoms with Crippen molar-refractivity contribution in [1.82, 2.24) is 24.9 Å². The second-order valence-electron chi connectivity index (χ2n) is 18.4. The van der Waals surface area contributed by atoms with E-state index in [1.165, 1.54) is 55.3 Å². The number of rotatable bonds is 6. The highest BCUT2D eigenvalue weighted by molar-refractivity contribution is 7.22. The molecule has 330 valence electrons. The normalized spacial score (nSPS) is 12.9. The molecule has 15 rings (SSSR count). The van der Waals surface area contributed by atoms with Crippen LogP contribution in [0.25, 0.3) is 120 Å². The second-order valence-corrected chi connectivity index (χ2v) is 20.4. The first-order chi connectivity index (χ1) is 35.1. The molecule has 0 unspecified atom stereocenters. The quantitative estimate of drug-likeness (QED) is 0.166. The van der Waals surface area contributed by atoms with E-state index in [2.05, 4.69) is 212 Å². The van der Waals surface area contributed by atoms with Crippen LogP contribution in [-0.4, -0.2) is 24.9 Å². The predicted molar refractivity (Wildman–Crippen MR) is 293 cm³/mol. The largest absolute Gasteiger partial charge is 0.236 e. The molecule has 0 bridgehead atoms. The van der Waals surface area contributed by atoms with Gasteiger partial charge in [0.15, 0.2) is 17.5 Å². The molecule has 5 nitrogen and oxygen atoms in total. The van der Waals surface area contributed by atoms with E-state index < -0.39 is 5.41 Å². The summed E-state index contributed by atoms with van der Waals surface area (Å²) >= 11 is 3.38. The van der Waals surface area contributed by atoms with Crippen molar-refractivity contribution in [2.75, 3.05) is 0 Å². The van der Waals surface area contributed by atoms with E-state index in [4.69, 9.17) is 24.9 Å². The molecule has 13 aromatic rings. The first kappa shape index (κ1) is 40.2. The summed E-state index contributed by atoms with van der Waals surface area (Å²) in [5.41, 5.74) is 18.4. The fourth-order valence-corrected chi connectivity index (χ4v) is 13.1. The van der Waals surface area contributed by atoms with Gasteiger partial charge >= 0.3 is 0 Å². The molecule has 0 amide bonds.